The average molecular weight is 454 g/mol. The lowest BCUT2D eigenvalue weighted by Gasteiger charge is -2.18. The number of nitrogen functional groups attached to an aromatic ring is 1. The molecule has 114 valence electrons. The van der Waals surface area contributed by atoms with Crippen molar-refractivity contribution < 1.29 is 8.42 Å². The van der Waals surface area contributed by atoms with E-state index in [2.05, 4.69) is 31.9 Å². The lowest BCUT2D eigenvalue weighted by Crippen LogP contribution is -2.27. The first-order chi connectivity index (χ1) is 9.71. The zero-order valence-electron chi connectivity index (χ0n) is 11.4. The number of nitrogens with zero attached hydrogens (tertiary/aromatic N) is 1. The second-order valence-electron chi connectivity index (χ2n) is 4.66. The molecule has 1 heterocycles. The van der Waals surface area contributed by atoms with Gasteiger partial charge in [0.25, 0.3) is 0 Å². The van der Waals surface area contributed by atoms with Gasteiger partial charge >= 0.3 is 0 Å². The Morgan fingerprint density at radius 2 is 1.95 bits per heavy atom. The van der Waals surface area contributed by atoms with Crippen LogP contribution in [0.1, 0.15) is 11.1 Å². The molecule has 21 heavy (non-hydrogen) atoms. The van der Waals surface area contributed by atoms with Gasteiger partial charge in [0, 0.05) is 23.8 Å². The number of aryl methyl sites for hydroxylation is 1. The molecule has 2 rings (SSSR count). The van der Waals surface area contributed by atoms with E-state index in [4.69, 9.17) is 5.73 Å². The number of sulfonamides is 1. The van der Waals surface area contributed by atoms with Gasteiger partial charge in [0.1, 0.15) is 0 Å². The molecule has 0 aliphatic rings. The molecule has 4 nitrogen and oxygen atoms in total. The number of thiophene rings is 1. The van der Waals surface area contributed by atoms with Crippen LogP contribution in [0.15, 0.2) is 36.7 Å². The number of hydrogen-bond acceptors (Lipinski definition) is 4. The quantitative estimate of drug-likeness (QED) is 0.712. The SMILES string of the molecule is Cc1cc(Br)c(N)cc1S(=O)(=O)N(C)Cc1csc(Br)c1. The first-order valence-corrected chi connectivity index (χ1v) is 9.87. The van der Waals surface area contributed by atoms with Gasteiger partial charge in [0.05, 0.1) is 8.68 Å². The topological polar surface area (TPSA) is 63.4 Å². The summed E-state index contributed by atoms with van der Waals surface area (Å²) in [6.07, 6.45) is 0. The average Bonchev–Trinajstić information content (AvgIpc) is 2.79. The minimum atomic E-state index is -3.58. The van der Waals surface area contributed by atoms with E-state index in [0.717, 1.165) is 9.35 Å². The van der Waals surface area contributed by atoms with E-state index in [0.29, 0.717) is 22.3 Å². The molecule has 0 saturated carbocycles. The summed E-state index contributed by atoms with van der Waals surface area (Å²) in [5.74, 6) is 0. The van der Waals surface area contributed by atoms with Crippen LogP contribution in [0.25, 0.3) is 0 Å². The third-order valence-electron chi connectivity index (χ3n) is 3.01. The van der Waals surface area contributed by atoms with Crippen LogP contribution in [-0.4, -0.2) is 19.8 Å². The summed E-state index contributed by atoms with van der Waals surface area (Å²) in [4.78, 5) is 0.236. The maximum absolute atomic E-state index is 12.7. The molecule has 0 aliphatic heterocycles. The second kappa shape index (κ2) is 6.37. The van der Waals surface area contributed by atoms with E-state index in [1.54, 1.807) is 20.0 Å². The summed E-state index contributed by atoms with van der Waals surface area (Å²) in [5.41, 5.74) is 7.82. The highest BCUT2D eigenvalue weighted by molar-refractivity contribution is 9.11. The Hall–Kier alpha value is -0.410. The van der Waals surface area contributed by atoms with Gasteiger partial charge in [-0.1, -0.05) is 0 Å². The van der Waals surface area contributed by atoms with Crippen molar-refractivity contribution in [3.63, 3.8) is 0 Å². The van der Waals surface area contributed by atoms with Crippen LogP contribution in [0.4, 0.5) is 5.69 Å². The lowest BCUT2D eigenvalue weighted by atomic mass is 10.2. The van der Waals surface area contributed by atoms with Crippen molar-refractivity contribution >= 4 is 58.9 Å². The number of halogens is 2. The summed E-state index contributed by atoms with van der Waals surface area (Å²) >= 11 is 8.21. The molecule has 0 radical (unpaired) electrons. The Morgan fingerprint density at radius 3 is 2.52 bits per heavy atom. The van der Waals surface area contributed by atoms with Crippen molar-refractivity contribution in [3.05, 3.63) is 43.0 Å². The molecular weight excluding hydrogens is 440 g/mol. The predicted octanol–water partition coefficient (Wildman–Crippen LogP) is 3.98. The summed E-state index contributed by atoms with van der Waals surface area (Å²) in [5, 5.41) is 1.93. The van der Waals surface area contributed by atoms with Gasteiger partial charge in [-0.05, 0) is 73.5 Å². The molecule has 0 fully saturated rings. The van der Waals surface area contributed by atoms with Gasteiger partial charge in [0.15, 0.2) is 0 Å². The molecule has 0 saturated heterocycles. The molecule has 0 unspecified atom stereocenters. The second-order valence-corrected chi connectivity index (χ2v) is 9.82. The van der Waals surface area contributed by atoms with Gasteiger partial charge in [-0.2, -0.15) is 4.31 Å². The summed E-state index contributed by atoms with van der Waals surface area (Å²) < 4.78 is 28.4. The van der Waals surface area contributed by atoms with Crippen molar-refractivity contribution in [2.24, 2.45) is 0 Å². The zero-order chi connectivity index (χ0) is 15.8. The monoisotopic (exact) mass is 452 g/mol. The van der Waals surface area contributed by atoms with Crippen LogP contribution >= 0.6 is 43.2 Å². The Balaban J connectivity index is 2.35. The Bertz CT molecular complexity index is 772. The van der Waals surface area contributed by atoms with E-state index in [1.165, 1.54) is 21.7 Å². The van der Waals surface area contributed by atoms with Crippen LogP contribution in [0.3, 0.4) is 0 Å². The van der Waals surface area contributed by atoms with E-state index < -0.39 is 10.0 Å². The van der Waals surface area contributed by atoms with Crippen molar-refractivity contribution in [1.29, 1.82) is 0 Å². The minimum Gasteiger partial charge on any atom is -0.398 e. The van der Waals surface area contributed by atoms with Crippen molar-refractivity contribution in [3.8, 4) is 0 Å². The fourth-order valence-electron chi connectivity index (χ4n) is 1.89. The zero-order valence-corrected chi connectivity index (χ0v) is 16.2. The van der Waals surface area contributed by atoms with Gasteiger partial charge in [0.2, 0.25) is 10.0 Å². The smallest absolute Gasteiger partial charge is 0.243 e. The molecule has 2 N–H and O–H groups in total. The van der Waals surface area contributed by atoms with Gasteiger partial charge < -0.3 is 5.73 Å². The Morgan fingerprint density at radius 1 is 1.29 bits per heavy atom. The van der Waals surface area contributed by atoms with Crippen LogP contribution < -0.4 is 5.73 Å². The van der Waals surface area contributed by atoms with E-state index >= 15 is 0 Å². The van der Waals surface area contributed by atoms with Gasteiger partial charge in [-0.15, -0.1) is 11.3 Å². The summed E-state index contributed by atoms with van der Waals surface area (Å²) in [6, 6.07) is 5.13. The van der Waals surface area contributed by atoms with Crippen molar-refractivity contribution in [2.45, 2.75) is 18.4 Å². The molecule has 2 aromatic rings. The lowest BCUT2D eigenvalue weighted by molar-refractivity contribution is 0.467. The number of benzene rings is 1. The first-order valence-electron chi connectivity index (χ1n) is 5.96. The highest BCUT2D eigenvalue weighted by atomic mass is 79.9. The fourth-order valence-corrected chi connectivity index (χ4v) is 4.94. The van der Waals surface area contributed by atoms with Crippen LogP contribution in [0.5, 0.6) is 0 Å². The predicted molar refractivity (Wildman–Crippen MR) is 94.0 cm³/mol. The molecule has 1 aromatic carbocycles. The van der Waals surface area contributed by atoms with Gasteiger partial charge in [-0.25, -0.2) is 8.42 Å². The molecule has 0 spiro atoms. The maximum atomic E-state index is 12.7. The molecule has 0 bridgehead atoms. The highest BCUT2D eigenvalue weighted by Crippen LogP contribution is 2.29. The molecular formula is C13H14Br2N2O2S2. The number of hydrogen-bond donors (Lipinski definition) is 1. The van der Waals surface area contributed by atoms with Crippen molar-refractivity contribution in [1.82, 2.24) is 4.31 Å². The maximum Gasteiger partial charge on any atom is 0.243 e. The number of nitrogens with two attached hydrogens (primary N) is 1. The van der Waals surface area contributed by atoms with E-state index in [1.807, 2.05) is 11.4 Å². The van der Waals surface area contributed by atoms with Crippen LogP contribution in [0.2, 0.25) is 0 Å². The molecule has 0 atom stereocenters. The molecule has 0 amide bonds. The standard InChI is InChI=1S/C13H14Br2N2O2S2/c1-8-3-10(14)11(16)5-12(8)21(18,19)17(2)6-9-4-13(15)20-7-9/h3-5,7H,6,16H2,1-2H3. The first kappa shape index (κ1) is 17.0. The molecule has 0 aliphatic carbocycles. The third kappa shape index (κ3) is 3.68. The largest absolute Gasteiger partial charge is 0.398 e. The number of rotatable bonds is 4. The minimum absolute atomic E-state index is 0.236. The Labute approximate surface area is 145 Å². The fraction of sp³-hybridized carbons (Fsp3) is 0.231. The van der Waals surface area contributed by atoms with E-state index in [-0.39, 0.29) is 4.90 Å². The van der Waals surface area contributed by atoms with Crippen LogP contribution in [-0.2, 0) is 16.6 Å². The molecule has 8 heteroatoms. The normalized spacial score (nSPS) is 12.0. The number of anilines is 1. The summed E-state index contributed by atoms with van der Waals surface area (Å²) in [7, 11) is -2.01. The van der Waals surface area contributed by atoms with E-state index in [9.17, 15) is 8.42 Å². The van der Waals surface area contributed by atoms with Gasteiger partial charge in [-0.3, -0.25) is 0 Å². The third-order valence-corrected chi connectivity index (χ3v) is 7.19. The highest BCUT2D eigenvalue weighted by Gasteiger charge is 2.24. The van der Waals surface area contributed by atoms with Crippen molar-refractivity contribution in [2.75, 3.05) is 12.8 Å². The summed E-state index contributed by atoms with van der Waals surface area (Å²) in [6.45, 7) is 2.08. The molecule has 1 aromatic heterocycles. The van der Waals surface area contributed by atoms with Crippen LogP contribution in [0, 0.1) is 6.92 Å². The Kier molecular flexibility index (Phi) is 5.15.